The van der Waals surface area contributed by atoms with Crippen molar-refractivity contribution in [2.75, 3.05) is 52.5 Å². The smallest absolute Gasteiger partial charge is 0.872 e. The largest absolute Gasteiger partial charge is 2.00 e. The summed E-state index contributed by atoms with van der Waals surface area (Å²) in [5, 5.41) is 25.9. The zero-order valence-corrected chi connectivity index (χ0v) is 26.6. The van der Waals surface area contributed by atoms with Gasteiger partial charge >= 0.3 is 16.5 Å². The maximum Gasteiger partial charge on any atom is 2.00 e. The predicted octanol–water partition coefficient (Wildman–Crippen LogP) is 5.72. The van der Waals surface area contributed by atoms with Crippen LogP contribution in [0, 0.1) is 0 Å². The van der Waals surface area contributed by atoms with E-state index in [2.05, 4.69) is 19.8 Å². The summed E-state index contributed by atoms with van der Waals surface area (Å²) in [6.45, 7) is 7.27. The van der Waals surface area contributed by atoms with Crippen LogP contribution in [-0.2, 0) is 16.5 Å². The van der Waals surface area contributed by atoms with Crippen LogP contribution in [0.3, 0.4) is 0 Å². The molecule has 0 N–H and O–H groups in total. The topological polar surface area (TPSA) is 95.8 Å². The molecule has 10 heteroatoms. The van der Waals surface area contributed by atoms with Crippen molar-refractivity contribution in [3.8, 4) is 23.0 Å². The molecule has 0 atom stereocenters. The summed E-state index contributed by atoms with van der Waals surface area (Å²) in [7, 11) is 0. The molecule has 0 aliphatic carbocycles. The van der Waals surface area contributed by atoms with Crippen molar-refractivity contribution >= 4 is 35.4 Å². The van der Waals surface area contributed by atoms with Crippen molar-refractivity contribution in [2.45, 2.75) is 38.5 Å². The van der Waals surface area contributed by atoms with Gasteiger partial charge < -0.3 is 19.7 Å². The fourth-order valence-electron chi connectivity index (χ4n) is 5.36. The standard InChI is InChI=1S/C34H41ClN4O4.Ni/c35-28-9-12-31(36-24-26-7-10-29(22-33(26)40)42-19-17-38-13-3-1-4-14-38)32(21-28)37-25-27-8-11-30(23-34(27)41)43-20-18-39-15-5-2-6-16-39;/h7-12,21-25,40-41H,1-6,13-20H2;/q;+2/p-2. The van der Waals surface area contributed by atoms with Gasteiger partial charge in [-0.15, -0.1) is 0 Å². The number of nitrogens with zero attached hydrogens (tertiary/aromatic N) is 4. The first-order valence-corrected chi connectivity index (χ1v) is 15.6. The van der Waals surface area contributed by atoms with Gasteiger partial charge in [0.2, 0.25) is 0 Å². The zero-order valence-electron chi connectivity index (χ0n) is 24.9. The molecular formula is C34H39ClN4NiO4. The van der Waals surface area contributed by atoms with Crippen molar-refractivity contribution in [3.05, 3.63) is 70.7 Å². The van der Waals surface area contributed by atoms with Gasteiger partial charge in [0.25, 0.3) is 0 Å². The molecular weight excluding hydrogens is 623 g/mol. The van der Waals surface area contributed by atoms with Crippen LogP contribution in [0.15, 0.2) is 64.6 Å². The molecule has 2 fully saturated rings. The van der Waals surface area contributed by atoms with Crippen molar-refractivity contribution < 1.29 is 36.2 Å². The normalized spacial score (nSPS) is 16.3. The van der Waals surface area contributed by atoms with Crippen molar-refractivity contribution in [1.82, 2.24) is 9.80 Å². The third kappa shape index (κ3) is 10.2. The molecule has 2 aliphatic heterocycles. The van der Waals surface area contributed by atoms with Gasteiger partial charge in [0.1, 0.15) is 24.7 Å². The van der Waals surface area contributed by atoms with E-state index in [0.717, 1.165) is 39.3 Å². The second-order valence-electron chi connectivity index (χ2n) is 11.1. The molecule has 3 aromatic carbocycles. The minimum atomic E-state index is -0.180. The number of benzene rings is 3. The summed E-state index contributed by atoms with van der Waals surface area (Å²) in [6, 6.07) is 15.1. The minimum Gasteiger partial charge on any atom is -0.872 e. The summed E-state index contributed by atoms with van der Waals surface area (Å²) < 4.78 is 11.6. The number of ether oxygens (including phenoxy) is 2. The Bertz CT molecular complexity index is 1410. The number of hydrogen-bond acceptors (Lipinski definition) is 8. The first-order valence-electron chi connectivity index (χ1n) is 15.2. The zero-order chi connectivity index (χ0) is 29.9. The predicted molar refractivity (Wildman–Crippen MR) is 169 cm³/mol. The second-order valence-corrected chi connectivity index (χ2v) is 11.5. The number of piperidine rings is 2. The van der Waals surface area contributed by atoms with Crippen LogP contribution in [-0.4, -0.2) is 74.7 Å². The Hall–Kier alpha value is -3.10. The number of likely N-dealkylation sites (tertiary alicyclic amines) is 2. The van der Waals surface area contributed by atoms with E-state index in [-0.39, 0.29) is 28.0 Å². The monoisotopic (exact) mass is 660 g/mol. The maximum atomic E-state index is 12.7. The Morgan fingerprint density at radius 3 is 1.59 bits per heavy atom. The molecule has 0 unspecified atom stereocenters. The molecule has 44 heavy (non-hydrogen) atoms. The number of rotatable bonds is 12. The van der Waals surface area contributed by atoms with Crippen LogP contribution < -0.4 is 19.7 Å². The molecule has 5 rings (SSSR count). The van der Waals surface area contributed by atoms with E-state index in [1.807, 2.05) is 0 Å². The van der Waals surface area contributed by atoms with Crippen LogP contribution in [0.2, 0.25) is 5.02 Å². The molecule has 3 aromatic rings. The molecule has 2 saturated heterocycles. The van der Waals surface area contributed by atoms with E-state index in [4.69, 9.17) is 21.1 Å². The molecule has 2 aliphatic rings. The summed E-state index contributed by atoms with van der Waals surface area (Å²) in [6.07, 6.45) is 10.6. The summed E-state index contributed by atoms with van der Waals surface area (Å²) in [5.41, 5.74) is 1.86. The van der Waals surface area contributed by atoms with E-state index in [0.29, 0.717) is 52.2 Å². The first-order chi connectivity index (χ1) is 21.0. The summed E-state index contributed by atoms with van der Waals surface area (Å²) >= 11 is 6.23. The van der Waals surface area contributed by atoms with Crippen molar-refractivity contribution in [2.24, 2.45) is 9.98 Å². The van der Waals surface area contributed by atoms with E-state index in [9.17, 15) is 10.2 Å². The maximum absolute atomic E-state index is 12.7. The third-order valence-electron chi connectivity index (χ3n) is 7.84. The average Bonchev–Trinajstić information content (AvgIpc) is 3.02. The van der Waals surface area contributed by atoms with E-state index < -0.39 is 0 Å². The summed E-state index contributed by atoms with van der Waals surface area (Å²) in [5.74, 6) is 0.759. The number of halogens is 1. The molecule has 8 nitrogen and oxygen atoms in total. The Labute approximate surface area is 275 Å². The SMILES string of the molecule is [Ni+2].[O-]c1cc(OCCN2CCCCC2)ccc1C=Nc1ccc(Cl)cc1N=Cc1ccc(OCCN2CCCCC2)cc1[O-]. The molecule has 0 radical (unpaired) electrons. The number of hydrogen-bond donors (Lipinski definition) is 0. The summed E-state index contributed by atoms with van der Waals surface area (Å²) in [4.78, 5) is 13.8. The van der Waals surface area contributed by atoms with Gasteiger partial charge in [-0.25, -0.2) is 0 Å². The first kappa shape index (κ1) is 33.8. The minimum absolute atomic E-state index is 0. The fourth-order valence-corrected chi connectivity index (χ4v) is 5.53. The molecule has 0 saturated carbocycles. The molecule has 0 bridgehead atoms. The van der Waals surface area contributed by atoms with Gasteiger partial charge in [-0.3, -0.25) is 19.8 Å². The van der Waals surface area contributed by atoms with Gasteiger partial charge in [-0.1, -0.05) is 48.1 Å². The van der Waals surface area contributed by atoms with Crippen molar-refractivity contribution in [1.29, 1.82) is 0 Å². The second kappa shape index (κ2) is 17.4. The Morgan fingerprint density at radius 2 is 1.11 bits per heavy atom. The van der Waals surface area contributed by atoms with E-state index in [1.165, 1.54) is 63.1 Å². The van der Waals surface area contributed by atoms with E-state index >= 15 is 0 Å². The molecule has 0 aromatic heterocycles. The number of aliphatic imine (C=N–C) groups is 2. The van der Waals surface area contributed by atoms with Gasteiger partial charge in [0.15, 0.2) is 0 Å². The molecule has 0 spiro atoms. The van der Waals surface area contributed by atoms with E-state index in [1.54, 1.807) is 42.5 Å². The van der Waals surface area contributed by atoms with Gasteiger partial charge in [0.05, 0.1) is 11.4 Å². The quantitative estimate of drug-likeness (QED) is 0.182. The van der Waals surface area contributed by atoms with Gasteiger partial charge in [-0.2, -0.15) is 0 Å². The Kier molecular flexibility index (Phi) is 13.4. The van der Waals surface area contributed by atoms with Crippen LogP contribution in [0.25, 0.3) is 0 Å². The molecule has 0 amide bonds. The Balaban J connectivity index is 0.00000442. The Morgan fingerprint density at radius 1 is 0.636 bits per heavy atom. The van der Waals surface area contributed by atoms with Crippen LogP contribution in [0.4, 0.5) is 11.4 Å². The van der Waals surface area contributed by atoms with Crippen LogP contribution in [0.1, 0.15) is 49.7 Å². The van der Waals surface area contributed by atoms with Crippen LogP contribution >= 0.6 is 11.6 Å². The third-order valence-corrected chi connectivity index (χ3v) is 8.08. The van der Waals surface area contributed by atoms with Crippen LogP contribution in [0.5, 0.6) is 23.0 Å². The van der Waals surface area contributed by atoms with Crippen molar-refractivity contribution in [3.63, 3.8) is 0 Å². The fraction of sp³-hybridized carbons (Fsp3) is 0.412. The molecule has 2 heterocycles. The van der Waals surface area contributed by atoms with Gasteiger partial charge in [-0.05, 0) is 105 Å². The molecule has 236 valence electrons. The van der Waals surface area contributed by atoms with Gasteiger partial charge in [0, 0.05) is 30.5 Å². The average molecular weight is 662 g/mol.